The van der Waals surface area contributed by atoms with Crippen molar-refractivity contribution in [2.45, 2.75) is 33.6 Å². The molecule has 0 heterocycles. The Morgan fingerprint density at radius 2 is 1.93 bits per heavy atom. The van der Waals surface area contributed by atoms with Gasteiger partial charge < -0.3 is 0 Å². The second kappa shape index (κ2) is 5.11. The molecule has 0 bridgehead atoms. The zero-order chi connectivity index (χ0) is 11.4. The highest BCUT2D eigenvalue weighted by molar-refractivity contribution is 5.66. The fourth-order valence-electron chi connectivity index (χ4n) is 1.87. The standard InChI is InChI=1S/C14H19F/c1-10(2)14-8-7-13(6-5-9-15)11(3)12(14)4/h7-8H,1,5-6,9H2,2-4H3. The van der Waals surface area contributed by atoms with Gasteiger partial charge in [0, 0.05) is 0 Å². The number of benzene rings is 1. The maximum absolute atomic E-state index is 12.1. The summed E-state index contributed by atoms with van der Waals surface area (Å²) in [6, 6.07) is 4.19. The maximum Gasteiger partial charge on any atom is 0.0897 e. The minimum atomic E-state index is -0.235. The smallest absolute Gasteiger partial charge is 0.0897 e. The monoisotopic (exact) mass is 206 g/mol. The lowest BCUT2D eigenvalue weighted by Crippen LogP contribution is -1.97. The first kappa shape index (κ1) is 12.0. The van der Waals surface area contributed by atoms with Gasteiger partial charge in [-0.25, -0.2) is 0 Å². The number of aryl methyl sites for hydroxylation is 1. The number of halogens is 1. The van der Waals surface area contributed by atoms with Gasteiger partial charge in [0.25, 0.3) is 0 Å². The van der Waals surface area contributed by atoms with Crippen LogP contribution in [-0.4, -0.2) is 6.67 Å². The molecule has 0 atom stereocenters. The van der Waals surface area contributed by atoms with Crippen LogP contribution >= 0.6 is 0 Å². The van der Waals surface area contributed by atoms with Gasteiger partial charge in [0.15, 0.2) is 0 Å². The fraction of sp³-hybridized carbons (Fsp3) is 0.429. The molecule has 0 spiro atoms. The van der Waals surface area contributed by atoms with Crippen molar-refractivity contribution in [3.63, 3.8) is 0 Å². The van der Waals surface area contributed by atoms with Crippen LogP contribution in [0.2, 0.25) is 0 Å². The highest BCUT2D eigenvalue weighted by atomic mass is 19.1. The third kappa shape index (κ3) is 2.68. The van der Waals surface area contributed by atoms with Crippen molar-refractivity contribution < 1.29 is 4.39 Å². The van der Waals surface area contributed by atoms with Gasteiger partial charge in [-0.2, -0.15) is 0 Å². The molecule has 0 unspecified atom stereocenters. The van der Waals surface area contributed by atoms with Crippen LogP contribution in [0.4, 0.5) is 4.39 Å². The second-order valence-corrected chi connectivity index (χ2v) is 4.10. The molecular formula is C14H19F. The van der Waals surface area contributed by atoms with Crippen molar-refractivity contribution in [2.24, 2.45) is 0 Å². The Bertz CT molecular complexity index is 364. The van der Waals surface area contributed by atoms with Gasteiger partial charge in [-0.15, -0.1) is 0 Å². The first-order chi connectivity index (χ1) is 7.07. The summed E-state index contributed by atoms with van der Waals surface area (Å²) in [7, 11) is 0. The molecule has 0 aromatic heterocycles. The summed E-state index contributed by atoms with van der Waals surface area (Å²) in [6.45, 7) is 9.96. The number of hydrogen-bond acceptors (Lipinski definition) is 0. The number of allylic oxidation sites excluding steroid dienone is 1. The molecule has 0 aliphatic rings. The largest absolute Gasteiger partial charge is 0.251 e. The van der Waals surface area contributed by atoms with E-state index in [4.69, 9.17) is 0 Å². The summed E-state index contributed by atoms with van der Waals surface area (Å²) in [5, 5.41) is 0. The van der Waals surface area contributed by atoms with E-state index in [0.717, 1.165) is 12.0 Å². The molecule has 0 radical (unpaired) electrons. The van der Waals surface area contributed by atoms with Crippen LogP contribution in [0.25, 0.3) is 5.57 Å². The SMILES string of the molecule is C=C(C)c1ccc(CCCF)c(C)c1C. The Hall–Kier alpha value is -1.11. The molecule has 0 amide bonds. The van der Waals surface area contributed by atoms with Crippen LogP contribution in [0.1, 0.15) is 35.6 Å². The third-order valence-corrected chi connectivity index (χ3v) is 2.94. The Morgan fingerprint density at radius 3 is 2.47 bits per heavy atom. The summed E-state index contributed by atoms with van der Waals surface area (Å²) in [6.07, 6.45) is 1.45. The van der Waals surface area contributed by atoms with Gasteiger partial charge in [-0.05, 0) is 55.9 Å². The number of alkyl halides is 1. The quantitative estimate of drug-likeness (QED) is 0.691. The normalized spacial score (nSPS) is 10.4. The highest BCUT2D eigenvalue weighted by Crippen LogP contribution is 2.23. The predicted molar refractivity (Wildman–Crippen MR) is 64.9 cm³/mol. The minimum absolute atomic E-state index is 0.235. The summed E-state index contributed by atoms with van der Waals surface area (Å²) >= 11 is 0. The maximum atomic E-state index is 12.1. The molecule has 0 saturated heterocycles. The molecular weight excluding hydrogens is 187 g/mol. The van der Waals surface area contributed by atoms with Gasteiger partial charge in [0.05, 0.1) is 6.67 Å². The van der Waals surface area contributed by atoms with E-state index < -0.39 is 0 Å². The molecule has 82 valence electrons. The molecule has 1 aromatic rings. The molecule has 0 aliphatic heterocycles. The van der Waals surface area contributed by atoms with Crippen molar-refractivity contribution in [1.29, 1.82) is 0 Å². The van der Waals surface area contributed by atoms with E-state index in [9.17, 15) is 4.39 Å². The molecule has 1 aromatic carbocycles. The molecule has 15 heavy (non-hydrogen) atoms. The molecule has 0 saturated carbocycles. The number of hydrogen-bond donors (Lipinski definition) is 0. The lowest BCUT2D eigenvalue weighted by molar-refractivity contribution is 0.472. The fourth-order valence-corrected chi connectivity index (χ4v) is 1.87. The van der Waals surface area contributed by atoms with Gasteiger partial charge in [0.2, 0.25) is 0 Å². The number of rotatable bonds is 4. The topological polar surface area (TPSA) is 0 Å². The zero-order valence-corrected chi connectivity index (χ0v) is 9.86. The van der Waals surface area contributed by atoms with Crippen molar-refractivity contribution in [3.8, 4) is 0 Å². The molecule has 1 heteroatoms. The molecule has 1 rings (SSSR count). The summed E-state index contributed by atoms with van der Waals surface area (Å²) in [5.74, 6) is 0. The van der Waals surface area contributed by atoms with Crippen LogP contribution in [0, 0.1) is 13.8 Å². The lowest BCUT2D eigenvalue weighted by Gasteiger charge is -2.13. The van der Waals surface area contributed by atoms with E-state index >= 15 is 0 Å². The van der Waals surface area contributed by atoms with Gasteiger partial charge in [-0.3, -0.25) is 4.39 Å². The Labute approximate surface area is 91.8 Å². The Morgan fingerprint density at radius 1 is 1.27 bits per heavy atom. The van der Waals surface area contributed by atoms with Crippen LogP contribution in [0.3, 0.4) is 0 Å². The molecule has 0 aliphatic carbocycles. The summed E-state index contributed by atoms with van der Waals surface area (Å²) in [4.78, 5) is 0. The van der Waals surface area contributed by atoms with Crippen LogP contribution in [0.5, 0.6) is 0 Å². The molecule has 0 N–H and O–H groups in total. The Kier molecular flexibility index (Phi) is 4.07. The zero-order valence-electron chi connectivity index (χ0n) is 9.86. The van der Waals surface area contributed by atoms with E-state index in [2.05, 4.69) is 32.6 Å². The van der Waals surface area contributed by atoms with Crippen LogP contribution in [-0.2, 0) is 6.42 Å². The van der Waals surface area contributed by atoms with Gasteiger partial charge in [0.1, 0.15) is 0 Å². The molecule has 0 nitrogen and oxygen atoms in total. The minimum Gasteiger partial charge on any atom is -0.251 e. The van der Waals surface area contributed by atoms with Crippen molar-refractivity contribution in [2.75, 3.05) is 6.67 Å². The molecule has 0 fully saturated rings. The van der Waals surface area contributed by atoms with Gasteiger partial charge in [-0.1, -0.05) is 24.3 Å². The van der Waals surface area contributed by atoms with Crippen LogP contribution in [0.15, 0.2) is 18.7 Å². The van der Waals surface area contributed by atoms with Gasteiger partial charge >= 0.3 is 0 Å². The highest BCUT2D eigenvalue weighted by Gasteiger charge is 2.06. The lowest BCUT2D eigenvalue weighted by atomic mass is 9.93. The summed E-state index contributed by atoms with van der Waals surface area (Å²) in [5.41, 5.74) is 6.13. The first-order valence-electron chi connectivity index (χ1n) is 5.39. The second-order valence-electron chi connectivity index (χ2n) is 4.10. The van der Waals surface area contributed by atoms with E-state index in [1.54, 1.807) is 0 Å². The Balaban J connectivity index is 3.04. The van der Waals surface area contributed by atoms with E-state index in [1.165, 1.54) is 22.3 Å². The van der Waals surface area contributed by atoms with Crippen molar-refractivity contribution in [3.05, 3.63) is 41.0 Å². The first-order valence-corrected chi connectivity index (χ1v) is 5.39. The average Bonchev–Trinajstić information content (AvgIpc) is 2.20. The van der Waals surface area contributed by atoms with Crippen LogP contribution < -0.4 is 0 Å². The van der Waals surface area contributed by atoms with Crippen molar-refractivity contribution in [1.82, 2.24) is 0 Å². The van der Waals surface area contributed by atoms with E-state index in [-0.39, 0.29) is 6.67 Å². The van der Waals surface area contributed by atoms with E-state index in [1.807, 2.05) is 6.92 Å². The average molecular weight is 206 g/mol. The summed E-state index contributed by atoms with van der Waals surface area (Å²) < 4.78 is 12.1. The van der Waals surface area contributed by atoms with E-state index in [0.29, 0.717) is 6.42 Å². The predicted octanol–water partition coefficient (Wildman–Crippen LogP) is 4.24. The van der Waals surface area contributed by atoms with Crippen molar-refractivity contribution >= 4 is 5.57 Å². The third-order valence-electron chi connectivity index (χ3n) is 2.94.